The number of nitrogens with zero attached hydrogens (tertiary/aromatic N) is 3. The highest BCUT2D eigenvalue weighted by Crippen LogP contribution is 2.28. The minimum atomic E-state index is -0.0387. The van der Waals surface area contributed by atoms with Gasteiger partial charge in [-0.05, 0) is 20.8 Å². The highest BCUT2D eigenvalue weighted by atomic mass is 32.1. The van der Waals surface area contributed by atoms with Gasteiger partial charge in [-0.2, -0.15) is 0 Å². The molecule has 2 amide bonds. The fourth-order valence-electron chi connectivity index (χ4n) is 2.41. The number of amides is 2. The number of thiazole rings is 1. The summed E-state index contributed by atoms with van der Waals surface area (Å²) in [5, 5.41) is 4.01. The molecule has 0 aliphatic carbocycles. The van der Waals surface area contributed by atoms with E-state index in [1.165, 1.54) is 0 Å². The molecule has 7 heteroatoms. The second kappa shape index (κ2) is 6.53. The fraction of sp³-hybridized carbons (Fsp3) is 0.643. The first kappa shape index (κ1) is 15.9. The van der Waals surface area contributed by atoms with Gasteiger partial charge in [0.15, 0.2) is 0 Å². The maximum Gasteiger partial charge on any atom is 0.242 e. The van der Waals surface area contributed by atoms with E-state index in [4.69, 9.17) is 0 Å². The van der Waals surface area contributed by atoms with Crippen LogP contribution in [0.4, 0.5) is 0 Å². The van der Waals surface area contributed by atoms with E-state index in [1.807, 2.05) is 20.8 Å². The lowest BCUT2D eigenvalue weighted by molar-refractivity contribution is -0.141. The molecule has 0 radical (unpaired) electrons. The largest absolute Gasteiger partial charge is 0.337 e. The molecule has 1 aromatic rings. The monoisotopic (exact) mass is 310 g/mol. The zero-order valence-electron chi connectivity index (χ0n) is 13.0. The van der Waals surface area contributed by atoms with Crippen LogP contribution in [-0.4, -0.2) is 59.8 Å². The smallest absolute Gasteiger partial charge is 0.242 e. The Hall–Kier alpha value is -1.47. The number of likely N-dealkylation sites (N-methyl/N-ethyl adjacent to an activating group) is 1. The lowest BCUT2D eigenvalue weighted by Crippen LogP contribution is -2.51. The Labute approximate surface area is 129 Å². The summed E-state index contributed by atoms with van der Waals surface area (Å²) in [5.74, 6) is -0.0522. The standard InChI is InChI=1S/C14H22N4O2S/c1-9-14(21-11(3)16-9)10(2)17(4)13(20)8-18-6-5-15-7-12(18)19/h10,15H,5-8H2,1-4H3. The van der Waals surface area contributed by atoms with Crippen LogP contribution in [-0.2, 0) is 9.59 Å². The van der Waals surface area contributed by atoms with Gasteiger partial charge in [-0.3, -0.25) is 9.59 Å². The van der Waals surface area contributed by atoms with Crippen LogP contribution in [0.1, 0.15) is 28.5 Å². The Morgan fingerprint density at radius 3 is 2.81 bits per heavy atom. The molecule has 6 nitrogen and oxygen atoms in total. The maximum atomic E-state index is 12.4. The molecule has 2 heterocycles. The van der Waals surface area contributed by atoms with Gasteiger partial charge < -0.3 is 15.1 Å². The minimum Gasteiger partial charge on any atom is -0.337 e. The van der Waals surface area contributed by atoms with Crippen molar-refractivity contribution in [3.63, 3.8) is 0 Å². The molecule has 0 spiro atoms. The van der Waals surface area contributed by atoms with Crippen molar-refractivity contribution in [2.45, 2.75) is 26.8 Å². The normalized spacial score (nSPS) is 17.0. The summed E-state index contributed by atoms with van der Waals surface area (Å²) >= 11 is 1.62. The molecular formula is C14H22N4O2S. The maximum absolute atomic E-state index is 12.4. The van der Waals surface area contributed by atoms with Gasteiger partial charge in [0.2, 0.25) is 11.8 Å². The van der Waals surface area contributed by atoms with Crippen molar-refractivity contribution in [1.29, 1.82) is 0 Å². The molecule has 1 saturated heterocycles. The van der Waals surface area contributed by atoms with Gasteiger partial charge in [0.25, 0.3) is 0 Å². The zero-order valence-corrected chi connectivity index (χ0v) is 13.8. The molecule has 116 valence electrons. The molecule has 0 bridgehead atoms. The third-order valence-corrected chi connectivity index (χ3v) is 5.05. The molecule has 2 rings (SSSR count). The molecule has 1 N–H and O–H groups in total. The van der Waals surface area contributed by atoms with E-state index in [9.17, 15) is 9.59 Å². The molecule has 0 saturated carbocycles. The van der Waals surface area contributed by atoms with Crippen LogP contribution in [0.15, 0.2) is 0 Å². The second-order valence-corrected chi connectivity index (χ2v) is 6.59. The highest BCUT2D eigenvalue weighted by molar-refractivity contribution is 7.11. The van der Waals surface area contributed by atoms with Crippen molar-refractivity contribution >= 4 is 23.2 Å². The number of hydrogen-bond donors (Lipinski definition) is 1. The van der Waals surface area contributed by atoms with Crippen LogP contribution in [0.25, 0.3) is 0 Å². The van der Waals surface area contributed by atoms with Crippen LogP contribution in [0, 0.1) is 13.8 Å². The van der Waals surface area contributed by atoms with Gasteiger partial charge in [0.1, 0.15) is 0 Å². The van der Waals surface area contributed by atoms with Gasteiger partial charge in [-0.25, -0.2) is 4.98 Å². The quantitative estimate of drug-likeness (QED) is 0.889. The van der Waals surface area contributed by atoms with Crippen LogP contribution in [0.3, 0.4) is 0 Å². The number of hydrogen-bond acceptors (Lipinski definition) is 5. The SMILES string of the molecule is Cc1nc(C)c(C(C)N(C)C(=O)CN2CCNCC2=O)s1. The van der Waals surface area contributed by atoms with E-state index in [2.05, 4.69) is 10.3 Å². The first-order chi connectivity index (χ1) is 9.90. The van der Waals surface area contributed by atoms with Crippen molar-refractivity contribution < 1.29 is 9.59 Å². The number of carbonyl (C=O) groups is 2. The first-order valence-corrected chi connectivity index (χ1v) is 7.90. The highest BCUT2D eigenvalue weighted by Gasteiger charge is 2.25. The summed E-state index contributed by atoms with van der Waals surface area (Å²) in [6, 6.07) is -0.0262. The molecule has 21 heavy (non-hydrogen) atoms. The average molecular weight is 310 g/mol. The molecule has 0 aromatic carbocycles. The average Bonchev–Trinajstić information content (AvgIpc) is 2.78. The lowest BCUT2D eigenvalue weighted by Gasteiger charge is -2.30. The molecular weight excluding hydrogens is 288 g/mol. The second-order valence-electron chi connectivity index (χ2n) is 5.36. The first-order valence-electron chi connectivity index (χ1n) is 7.08. The van der Waals surface area contributed by atoms with Crippen molar-refractivity contribution in [3.05, 3.63) is 15.6 Å². The Balaban J connectivity index is 2.01. The summed E-state index contributed by atoms with van der Waals surface area (Å²) in [7, 11) is 1.79. The van der Waals surface area contributed by atoms with Crippen molar-refractivity contribution in [2.24, 2.45) is 0 Å². The van der Waals surface area contributed by atoms with Crippen LogP contribution < -0.4 is 5.32 Å². The van der Waals surface area contributed by atoms with Gasteiger partial charge in [0.05, 0.1) is 29.8 Å². The van der Waals surface area contributed by atoms with Gasteiger partial charge >= 0.3 is 0 Å². The molecule has 1 aliphatic rings. The Morgan fingerprint density at radius 2 is 2.24 bits per heavy atom. The van der Waals surface area contributed by atoms with E-state index < -0.39 is 0 Å². The Kier molecular flexibility index (Phi) is 4.95. The lowest BCUT2D eigenvalue weighted by atomic mass is 10.2. The predicted octanol–water partition coefficient (Wildman–Crippen LogP) is 0.711. The van der Waals surface area contributed by atoms with Crippen LogP contribution in [0.2, 0.25) is 0 Å². The summed E-state index contributed by atoms with van der Waals surface area (Å²) in [4.78, 5) is 33.0. The summed E-state index contributed by atoms with van der Waals surface area (Å²) in [6.07, 6.45) is 0. The number of aryl methyl sites for hydroxylation is 2. The molecule has 1 atom stereocenters. The Bertz CT molecular complexity index is 543. The summed E-state index contributed by atoms with van der Waals surface area (Å²) < 4.78 is 0. The van der Waals surface area contributed by atoms with E-state index in [0.717, 1.165) is 22.1 Å². The number of carbonyl (C=O) groups excluding carboxylic acids is 2. The fourth-order valence-corrected chi connectivity index (χ4v) is 3.44. The van der Waals surface area contributed by atoms with E-state index in [-0.39, 0.29) is 24.4 Å². The van der Waals surface area contributed by atoms with Crippen molar-refractivity contribution in [3.8, 4) is 0 Å². The molecule has 1 aromatic heterocycles. The van der Waals surface area contributed by atoms with E-state index in [1.54, 1.807) is 28.2 Å². The van der Waals surface area contributed by atoms with E-state index >= 15 is 0 Å². The van der Waals surface area contributed by atoms with Gasteiger partial charge in [0, 0.05) is 25.0 Å². The van der Waals surface area contributed by atoms with Crippen molar-refractivity contribution in [1.82, 2.24) is 20.1 Å². The Morgan fingerprint density at radius 1 is 1.52 bits per heavy atom. The predicted molar refractivity (Wildman–Crippen MR) is 82.2 cm³/mol. The molecule has 1 unspecified atom stereocenters. The topological polar surface area (TPSA) is 65.5 Å². The number of nitrogens with one attached hydrogen (secondary N) is 1. The minimum absolute atomic E-state index is 0.0135. The number of rotatable bonds is 4. The van der Waals surface area contributed by atoms with Gasteiger partial charge in [-0.1, -0.05) is 0 Å². The third-order valence-electron chi connectivity index (χ3n) is 3.81. The summed E-state index contributed by atoms with van der Waals surface area (Å²) in [5.41, 5.74) is 0.975. The van der Waals surface area contributed by atoms with Crippen LogP contribution >= 0.6 is 11.3 Å². The third kappa shape index (κ3) is 3.59. The molecule has 1 fully saturated rings. The number of piperazine rings is 1. The van der Waals surface area contributed by atoms with E-state index in [0.29, 0.717) is 13.1 Å². The van der Waals surface area contributed by atoms with Crippen LogP contribution in [0.5, 0.6) is 0 Å². The molecule has 1 aliphatic heterocycles. The summed E-state index contributed by atoms with van der Waals surface area (Å²) in [6.45, 7) is 7.73. The van der Waals surface area contributed by atoms with Crippen molar-refractivity contribution in [2.75, 3.05) is 33.2 Å². The zero-order chi connectivity index (χ0) is 15.6. The van der Waals surface area contributed by atoms with Gasteiger partial charge in [-0.15, -0.1) is 11.3 Å². The number of aromatic nitrogens is 1.